The fourth-order valence-corrected chi connectivity index (χ4v) is 4.16. The highest BCUT2D eigenvalue weighted by molar-refractivity contribution is 5.94. The molecular weight excluding hydrogens is 388 g/mol. The zero-order valence-electron chi connectivity index (χ0n) is 18.8. The van der Waals surface area contributed by atoms with Gasteiger partial charge < -0.3 is 9.32 Å². The molecule has 5 heteroatoms. The van der Waals surface area contributed by atoms with Crippen LogP contribution in [0, 0.1) is 13.8 Å². The Morgan fingerprint density at radius 2 is 1.61 bits per heavy atom. The van der Waals surface area contributed by atoms with E-state index in [0.29, 0.717) is 31.1 Å². The topological polar surface area (TPSA) is 53.8 Å². The van der Waals surface area contributed by atoms with Gasteiger partial charge in [0.05, 0.1) is 0 Å². The van der Waals surface area contributed by atoms with Gasteiger partial charge in [0, 0.05) is 49.7 Å². The number of carbonyl (C=O) groups excluding carboxylic acids is 1. The van der Waals surface area contributed by atoms with Gasteiger partial charge in [-0.1, -0.05) is 26.0 Å². The number of benzene rings is 2. The number of fused-ring (bicyclic) bond motifs is 1. The fourth-order valence-electron chi connectivity index (χ4n) is 4.16. The lowest BCUT2D eigenvalue weighted by molar-refractivity contribution is 0.0629. The number of aryl methyl sites for hydroxylation is 2. The molecule has 1 fully saturated rings. The number of rotatable bonds is 4. The predicted molar refractivity (Wildman–Crippen MR) is 124 cm³/mol. The van der Waals surface area contributed by atoms with Gasteiger partial charge in [0.2, 0.25) is 0 Å². The average Bonchev–Trinajstić information content (AvgIpc) is 2.75. The highest BCUT2D eigenvalue weighted by Crippen LogP contribution is 2.23. The summed E-state index contributed by atoms with van der Waals surface area (Å²) >= 11 is 0. The first-order chi connectivity index (χ1) is 14.8. The van der Waals surface area contributed by atoms with Gasteiger partial charge in [0.1, 0.15) is 5.58 Å². The number of amides is 1. The van der Waals surface area contributed by atoms with Crippen LogP contribution in [-0.4, -0.2) is 41.9 Å². The lowest BCUT2D eigenvalue weighted by Gasteiger charge is -2.35. The Balaban J connectivity index is 1.44. The SMILES string of the molecule is Cc1cc2oc(=O)cc(CN3CCN(C(=O)c4ccc(C(C)C)cc4)CC3)c2cc1C. The molecule has 162 valence electrons. The van der Waals surface area contributed by atoms with Crippen LogP contribution < -0.4 is 5.63 Å². The smallest absolute Gasteiger partial charge is 0.336 e. The van der Waals surface area contributed by atoms with Gasteiger partial charge in [-0.05, 0) is 66.3 Å². The Kier molecular flexibility index (Phi) is 5.96. The summed E-state index contributed by atoms with van der Waals surface area (Å²) < 4.78 is 5.42. The minimum atomic E-state index is -0.315. The van der Waals surface area contributed by atoms with Crippen LogP contribution in [0.3, 0.4) is 0 Å². The molecule has 4 rings (SSSR count). The van der Waals surface area contributed by atoms with Crippen molar-refractivity contribution in [3.05, 3.63) is 80.7 Å². The van der Waals surface area contributed by atoms with Gasteiger partial charge in [-0.15, -0.1) is 0 Å². The first kappa shape index (κ1) is 21.3. The van der Waals surface area contributed by atoms with Crippen molar-refractivity contribution in [2.45, 2.75) is 40.2 Å². The second-order valence-electron chi connectivity index (χ2n) is 8.87. The van der Waals surface area contributed by atoms with Crippen molar-refractivity contribution in [2.75, 3.05) is 26.2 Å². The molecule has 2 heterocycles. The molecule has 1 aliphatic rings. The van der Waals surface area contributed by atoms with Crippen molar-refractivity contribution in [1.29, 1.82) is 0 Å². The summed E-state index contributed by atoms with van der Waals surface area (Å²) in [4.78, 5) is 29.2. The second-order valence-corrected chi connectivity index (χ2v) is 8.87. The first-order valence-corrected chi connectivity index (χ1v) is 11.0. The standard InChI is InChI=1S/C26H30N2O3/c1-17(2)20-5-7-21(8-6-20)26(30)28-11-9-27(10-12-28)16-22-15-25(29)31-24-14-19(4)18(3)13-23(22)24/h5-8,13-15,17H,9-12,16H2,1-4H3. The van der Waals surface area contributed by atoms with Crippen LogP contribution in [-0.2, 0) is 6.54 Å². The van der Waals surface area contributed by atoms with Crippen molar-refractivity contribution in [2.24, 2.45) is 0 Å². The summed E-state index contributed by atoms with van der Waals surface area (Å²) in [5, 5.41) is 0.992. The molecule has 1 amide bonds. The highest BCUT2D eigenvalue weighted by Gasteiger charge is 2.23. The van der Waals surface area contributed by atoms with Crippen molar-refractivity contribution < 1.29 is 9.21 Å². The summed E-state index contributed by atoms with van der Waals surface area (Å²) in [5.41, 5.74) is 5.59. The van der Waals surface area contributed by atoms with E-state index in [1.807, 2.05) is 42.2 Å². The van der Waals surface area contributed by atoms with E-state index < -0.39 is 0 Å². The van der Waals surface area contributed by atoms with Gasteiger partial charge in [-0.25, -0.2) is 4.79 Å². The molecule has 0 spiro atoms. The van der Waals surface area contributed by atoms with Crippen LogP contribution in [0.5, 0.6) is 0 Å². The van der Waals surface area contributed by atoms with E-state index in [9.17, 15) is 9.59 Å². The van der Waals surface area contributed by atoms with E-state index in [-0.39, 0.29) is 11.5 Å². The quantitative estimate of drug-likeness (QED) is 0.586. The molecule has 1 aliphatic heterocycles. The summed E-state index contributed by atoms with van der Waals surface area (Å²) in [7, 11) is 0. The van der Waals surface area contributed by atoms with Gasteiger partial charge in [0.25, 0.3) is 5.91 Å². The molecule has 0 N–H and O–H groups in total. The van der Waals surface area contributed by atoms with Crippen LogP contribution >= 0.6 is 0 Å². The maximum Gasteiger partial charge on any atom is 0.336 e. The molecule has 3 aromatic rings. The van der Waals surface area contributed by atoms with Crippen molar-refractivity contribution >= 4 is 16.9 Å². The van der Waals surface area contributed by atoms with Crippen LogP contribution in [0.2, 0.25) is 0 Å². The Morgan fingerprint density at radius 1 is 0.968 bits per heavy atom. The first-order valence-electron chi connectivity index (χ1n) is 11.0. The monoisotopic (exact) mass is 418 g/mol. The zero-order chi connectivity index (χ0) is 22.1. The number of nitrogens with zero attached hydrogens (tertiary/aromatic N) is 2. The molecule has 1 aromatic heterocycles. The van der Waals surface area contributed by atoms with Crippen LogP contribution in [0.1, 0.15) is 52.4 Å². The van der Waals surface area contributed by atoms with Gasteiger partial charge in [0.15, 0.2) is 0 Å². The van der Waals surface area contributed by atoms with Crippen molar-refractivity contribution in [3.63, 3.8) is 0 Å². The normalized spacial score (nSPS) is 15.1. The number of piperazine rings is 1. The minimum Gasteiger partial charge on any atom is -0.423 e. The third-order valence-electron chi connectivity index (χ3n) is 6.32. The molecule has 5 nitrogen and oxygen atoms in total. The molecule has 0 atom stereocenters. The summed E-state index contributed by atoms with van der Waals surface area (Å²) in [5.74, 6) is 0.545. The predicted octanol–water partition coefficient (Wildman–Crippen LogP) is 4.49. The number of hydrogen-bond donors (Lipinski definition) is 0. The average molecular weight is 419 g/mol. The molecule has 1 saturated heterocycles. The van der Waals surface area contributed by atoms with E-state index in [1.54, 1.807) is 6.07 Å². The van der Waals surface area contributed by atoms with Crippen LogP contribution in [0.4, 0.5) is 0 Å². The lowest BCUT2D eigenvalue weighted by Crippen LogP contribution is -2.48. The van der Waals surface area contributed by atoms with Gasteiger partial charge in [-0.2, -0.15) is 0 Å². The summed E-state index contributed by atoms with van der Waals surface area (Å²) in [6.07, 6.45) is 0. The van der Waals surface area contributed by atoms with Crippen LogP contribution in [0.25, 0.3) is 11.0 Å². The Hall–Kier alpha value is -2.92. The van der Waals surface area contributed by atoms with E-state index in [1.165, 1.54) is 11.1 Å². The molecular formula is C26H30N2O3. The highest BCUT2D eigenvalue weighted by atomic mass is 16.4. The van der Waals surface area contributed by atoms with Crippen LogP contribution in [0.15, 0.2) is 51.7 Å². The number of carbonyl (C=O) groups is 1. The summed E-state index contributed by atoms with van der Waals surface area (Å²) in [6.45, 7) is 12.0. The van der Waals surface area contributed by atoms with E-state index in [2.05, 4.69) is 31.7 Å². The van der Waals surface area contributed by atoms with E-state index in [0.717, 1.165) is 35.2 Å². The third-order valence-corrected chi connectivity index (χ3v) is 6.32. The third kappa shape index (κ3) is 4.57. The fraction of sp³-hybridized carbons (Fsp3) is 0.385. The summed E-state index contributed by atoms with van der Waals surface area (Å²) in [6, 6.07) is 13.6. The van der Waals surface area contributed by atoms with Gasteiger partial charge in [-0.3, -0.25) is 9.69 Å². The Labute approximate surface area is 183 Å². The largest absolute Gasteiger partial charge is 0.423 e. The van der Waals surface area contributed by atoms with E-state index in [4.69, 9.17) is 4.42 Å². The second kappa shape index (κ2) is 8.67. The van der Waals surface area contributed by atoms with Gasteiger partial charge >= 0.3 is 5.63 Å². The minimum absolute atomic E-state index is 0.0897. The molecule has 2 aromatic carbocycles. The Bertz CT molecular complexity index is 1150. The number of hydrogen-bond acceptors (Lipinski definition) is 4. The zero-order valence-corrected chi connectivity index (χ0v) is 18.8. The Morgan fingerprint density at radius 3 is 2.26 bits per heavy atom. The molecule has 0 unspecified atom stereocenters. The molecule has 0 saturated carbocycles. The maximum absolute atomic E-state index is 12.9. The molecule has 0 bridgehead atoms. The molecule has 0 radical (unpaired) electrons. The van der Waals surface area contributed by atoms with Crippen molar-refractivity contribution in [1.82, 2.24) is 9.80 Å². The van der Waals surface area contributed by atoms with Crippen molar-refractivity contribution in [3.8, 4) is 0 Å². The molecule has 31 heavy (non-hydrogen) atoms. The maximum atomic E-state index is 12.9. The molecule has 0 aliphatic carbocycles. The van der Waals surface area contributed by atoms with E-state index >= 15 is 0 Å². The lowest BCUT2D eigenvalue weighted by atomic mass is 10.0.